The van der Waals surface area contributed by atoms with E-state index in [0.717, 1.165) is 21.5 Å². The maximum Gasteiger partial charge on any atom is 0.161 e. The van der Waals surface area contributed by atoms with Crippen LogP contribution in [-0.2, 0) is 0 Å². The standard InChI is InChI=1S/C16H13NO2/c1-10(18)12-8-9-14-13-5-3-2-4-11(13)6-7-15(14)16(12)17-19/h2-9,17,19H,1H3. The molecule has 0 aliphatic heterocycles. The van der Waals surface area contributed by atoms with Gasteiger partial charge < -0.3 is 0 Å². The Hall–Kier alpha value is -2.39. The lowest BCUT2D eigenvalue weighted by molar-refractivity contribution is 0.101. The van der Waals surface area contributed by atoms with Gasteiger partial charge in [-0.3, -0.25) is 15.5 Å². The monoisotopic (exact) mass is 251 g/mol. The van der Waals surface area contributed by atoms with Crippen molar-refractivity contribution < 1.29 is 10.0 Å². The van der Waals surface area contributed by atoms with Gasteiger partial charge in [0.15, 0.2) is 5.78 Å². The van der Waals surface area contributed by atoms with Crippen LogP contribution in [0.5, 0.6) is 0 Å². The van der Waals surface area contributed by atoms with Gasteiger partial charge in [0.2, 0.25) is 0 Å². The fraction of sp³-hybridized carbons (Fsp3) is 0.0625. The van der Waals surface area contributed by atoms with Crippen LogP contribution < -0.4 is 5.48 Å². The summed E-state index contributed by atoms with van der Waals surface area (Å²) in [6.45, 7) is 1.49. The van der Waals surface area contributed by atoms with E-state index in [1.165, 1.54) is 6.92 Å². The Morgan fingerprint density at radius 1 is 0.947 bits per heavy atom. The fourth-order valence-corrected chi connectivity index (χ4v) is 2.50. The second-order valence-electron chi connectivity index (χ2n) is 4.54. The van der Waals surface area contributed by atoms with Gasteiger partial charge in [-0.05, 0) is 29.1 Å². The molecule has 0 heterocycles. The number of rotatable bonds is 2. The van der Waals surface area contributed by atoms with Crippen LogP contribution in [0.25, 0.3) is 21.5 Å². The molecule has 0 saturated carbocycles. The maximum atomic E-state index is 11.6. The average molecular weight is 251 g/mol. The van der Waals surface area contributed by atoms with Crippen molar-refractivity contribution in [2.75, 3.05) is 5.48 Å². The Kier molecular flexibility index (Phi) is 2.69. The van der Waals surface area contributed by atoms with Crippen LogP contribution >= 0.6 is 0 Å². The molecular formula is C16H13NO2. The molecule has 19 heavy (non-hydrogen) atoms. The Labute approximate surface area is 110 Å². The molecule has 0 aliphatic rings. The molecule has 3 aromatic carbocycles. The number of carbonyl (C=O) groups excluding carboxylic acids is 1. The maximum absolute atomic E-state index is 11.6. The summed E-state index contributed by atoms with van der Waals surface area (Å²) in [5.41, 5.74) is 3.12. The third kappa shape index (κ3) is 1.75. The van der Waals surface area contributed by atoms with Crippen LogP contribution in [0.1, 0.15) is 17.3 Å². The Balaban J connectivity index is 2.47. The molecule has 0 unspecified atom stereocenters. The second-order valence-corrected chi connectivity index (χ2v) is 4.54. The Bertz CT molecular complexity index is 793. The number of Topliss-reactive ketones (excluding diaryl/α,β-unsaturated/α-hetero) is 1. The van der Waals surface area contributed by atoms with Gasteiger partial charge in [-0.1, -0.05) is 42.5 Å². The molecule has 0 atom stereocenters. The molecule has 3 heteroatoms. The van der Waals surface area contributed by atoms with Crippen LogP contribution in [-0.4, -0.2) is 11.0 Å². The minimum Gasteiger partial charge on any atom is -0.294 e. The van der Waals surface area contributed by atoms with E-state index in [9.17, 15) is 10.0 Å². The number of ketones is 1. The lowest BCUT2D eigenvalue weighted by atomic mass is 9.97. The number of fused-ring (bicyclic) bond motifs is 3. The van der Waals surface area contributed by atoms with E-state index in [0.29, 0.717) is 11.3 Å². The molecule has 3 rings (SSSR count). The summed E-state index contributed by atoms with van der Waals surface area (Å²) in [5, 5.41) is 13.4. The minimum absolute atomic E-state index is 0.0772. The highest BCUT2D eigenvalue weighted by Crippen LogP contribution is 2.32. The molecule has 0 amide bonds. The number of hydrogen-bond acceptors (Lipinski definition) is 3. The van der Waals surface area contributed by atoms with Gasteiger partial charge in [-0.2, -0.15) is 0 Å². The first-order valence-corrected chi connectivity index (χ1v) is 6.08. The number of benzene rings is 3. The van der Waals surface area contributed by atoms with Crippen molar-refractivity contribution in [1.29, 1.82) is 0 Å². The van der Waals surface area contributed by atoms with Gasteiger partial charge in [0, 0.05) is 10.9 Å². The molecule has 3 nitrogen and oxygen atoms in total. The van der Waals surface area contributed by atoms with Crippen molar-refractivity contribution in [2.24, 2.45) is 0 Å². The van der Waals surface area contributed by atoms with E-state index >= 15 is 0 Å². The van der Waals surface area contributed by atoms with E-state index in [-0.39, 0.29) is 5.78 Å². The van der Waals surface area contributed by atoms with Crippen LogP contribution in [0.3, 0.4) is 0 Å². The zero-order valence-corrected chi connectivity index (χ0v) is 10.5. The highest BCUT2D eigenvalue weighted by atomic mass is 16.5. The quantitative estimate of drug-likeness (QED) is 0.411. The van der Waals surface area contributed by atoms with Crippen molar-refractivity contribution in [2.45, 2.75) is 6.92 Å². The Morgan fingerprint density at radius 2 is 1.68 bits per heavy atom. The first kappa shape index (κ1) is 11.7. The van der Waals surface area contributed by atoms with Gasteiger partial charge in [0.1, 0.15) is 0 Å². The lowest BCUT2D eigenvalue weighted by Gasteiger charge is -2.11. The predicted molar refractivity (Wildman–Crippen MR) is 76.9 cm³/mol. The first-order chi connectivity index (χ1) is 9.22. The normalized spacial score (nSPS) is 10.8. The second kappa shape index (κ2) is 4.37. The predicted octanol–water partition coefficient (Wildman–Crippen LogP) is 4.00. The third-order valence-corrected chi connectivity index (χ3v) is 3.42. The molecule has 0 radical (unpaired) electrons. The van der Waals surface area contributed by atoms with Gasteiger partial charge in [-0.15, -0.1) is 0 Å². The number of nitrogens with one attached hydrogen (secondary N) is 1. The molecule has 2 N–H and O–H groups in total. The smallest absolute Gasteiger partial charge is 0.161 e. The van der Waals surface area contributed by atoms with Crippen molar-refractivity contribution >= 4 is 33.0 Å². The zero-order chi connectivity index (χ0) is 13.4. The summed E-state index contributed by atoms with van der Waals surface area (Å²) in [4.78, 5) is 11.6. The van der Waals surface area contributed by atoms with E-state index in [1.54, 1.807) is 6.07 Å². The molecule has 0 spiro atoms. The highest BCUT2D eigenvalue weighted by molar-refractivity contribution is 6.15. The number of carbonyl (C=O) groups is 1. The van der Waals surface area contributed by atoms with E-state index in [1.807, 2.05) is 42.5 Å². The van der Waals surface area contributed by atoms with E-state index in [4.69, 9.17) is 0 Å². The molecule has 3 aromatic rings. The summed E-state index contributed by atoms with van der Waals surface area (Å²) in [6, 6.07) is 15.6. The summed E-state index contributed by atoms with van der Waals surface area (Å²) in [5.74, 6) is -0.0772. The SMILES string of the molecule is CC(=O)c1ccc2c(ccc3ccccc32)c1NO. The van der Waals surface area contributed by atoms with Crippen LogP contribution in [0.15, 0.2) is 48.5 Å². The summed E-state index contributed by atoms with van der Waals surface area (Å²) >= 11 is 0. The Morgan fingerprint density at radius 3 is 2.42 bits per heavy atom. The fourth-order valence-electron chi connectivity index (χ4n) is 2.50. The molecule has 0 saturated heterocycles. The highest BCUT2D eigenvalue weighted by Gasteiger charge is 2.12. The molecule has 0 bridgehead atoms. The van der Waals surface area contributed by atoms with Crippen LogP contribution in [0.2, 0.25) is 0 Å². The topological polar surface area (TPSA) is 49.3 Å². The third-order valence-electron chi connectivity index (χ3n) is 3.42. The van der Waals surface area contributed by atoms with Gasteiger partial charge in [0.25, 0.3) is 0 Å². The molecular weight excluding hydrogens is 238 g/mol. The molecule has 0 fully saturated rings. The minimum atomic E-state index is -0.0772. The van der Waals surface area contributed by atoms with Crippen molar-refractivity contribution in [3.05, 3.63) is 54.1 Å². The summed E-state index contributed by atoms with van der Waals surface area (Å²) in [7, 11) is 0. The zero-order valence-electron chi connectivity index (χ0n) is 10.5. The largest absolute Gasteiger partial charge is 0.294 e. The van der Waals surface area contributed by atoms with Crippen LogP contribution in [0, 0.1) is 0 Å². The number of anilines is 1. The van der Waals surface area contributed by atoms with Crippen molar-refractivity contribution in [1.82, 2.24) is 0 Å². The van der Waals surface area contributed by atoms with Gasteiger partial charge >= 0.3 is 0 Å². The molecule has 0 aliphatic carbocycles. The summed E-state index contributed by atoms with van der Waals surface area (Å²) in [6.07, 6.45) is 0. The van der Waals surface area contributed by atoms with Gasteiger partial charge in [0.05, 0.1) is 5.69 Å². The molecule has 94 valence electrons. The number of hydrogen-bond donors (Lipinski definition) is 2. The van der Waals surface area contributed by atoms with Crippen molar-refractivity contribution in [3.63, 3.8) is 0 Å². The summed E-state index contributed by atoms with van der Waals surface area (Å²) < 4.78 is 0. The first-order valence-electron chi connectivity index (χ1n) is 6.08. The van der Waals surface area contributed by atoms with E-state index in [2.05, 4.69) is 5.48 Å². The lowest BCUT2D eigenvalue weighted by Crippen LogP contribution is -2.01. The van der Waals surface area contributed by atoms with E-state index < -0.39 is 0 Å². The van der Waals surface area contributed by atoms with Crippen LogP contribution in [0.4, 0.5) is 5.69 Å². The van der Waals surface area contributed by atoms with Gasteiger partial charge in [-0.25, -0.2) is 0 Å². The van der Waals surface area contributed by atoms with Crippen molar-refractivity contribution in [3.8, 4) is 0 Å². The molecule has 0 aromatic heterocycles. The average Bonchev–Trinajstić information content (AvgIpc) is 2.45.